The Bertz CT molecular complexity index is 67.2. The van der Waals surface area contributed by atoms with Crippen LogP contribution in [0.2, 0.25) is 0 Å². The molecule has 56 valence electrons. The van der Waals surface area contributed by atoms with E-state index >= 15 is 0 Å². The summed E-state index contributed by atoms with van der Waals surface area (Å²) < 4.78 is 0. The van der Waals surface area contributed by atoms with Crippen molar-refractivity contribution in [3.8, 4) is 0 Å². The SMILES string of the molecule is CNCC(C)NC(N)S. The van der Waals surface area contributed by atoms with Crippen LogP contribution in [0, 0.1) is 0 Å². The molecule has 0 saturated carbocycles. The normalized spacial score (nSPS) is 17.3. The van der Waals surface area contributed by atoms with Crippen LogP contribution in [0.1, 0.15) is 6.92 Å². The molecule has 0 amide bonds. The van der Waals surface area contributed by atoms with E-state index in [-0.39, 0.29) is 5.50 Å². The second kappa shape index (κ2) is 5.05. The summed E-state index contributed by atoms with van der Waals surface area (Å²) in [6.45, 7) is 2.96. The van der Waals surface area contributed by atoms with E-state index in [1.54, 1.807) is 0 Å². The third-order valence-electron chi connectivity index (χ3n) is 0.966. The van der Waals surface area contributed by atoms with Crippen LogP contribution >= 0.6 is 12.6 Å². The van der Waals surface area contributed by atoms with Gasteiger partial charge in [-0.25, -0.2) is 0 Å². The van der Waals surface area contributed by atoms with Gasteiger partial charge in [0, 0.05) is 12.6 Å². The third-order valence-corrected chi connectivity index (χ3v) is 1.11. The molecule has 0 fully saturated rings. The van der Waals surface area contributed by atoms with Gasteiger partial charge in [0.05, 0.1) is 0 Å². The molecule has 0 radical (unpaired) electrons. The smallest absolute Gasteiger partial charge is 0.100 e. The standard InChI is InChI=1S/C5H15N3S/c1-4(3-7-2)8-5(6)9/h4-5,7-9H,3,6H2,1-2H3. The van der Waals surface area contributed by atoms with Crippen LogP contribution in [-0.4, -0.2) is 25.1 Å². The number of hydrogen-bond acceptors (Lipinski definition) is 4. The maximum atomic E-state index is 5.35. The van der Waals surface area contributed by atoms with E-state index < -0.39 is 0 Å². The van der Waals surface area contributed by atoms with Crippen molar-refractivity contribution >= 4 is 12.6 Å². The molecule has 3 nitrogen and oxygen atoms in total. The van der Waals surface area contributed by atoms with Crippen LogP contribution in [0.5, 0.6) is 0 Å². The van der Waals surface area contributed by atoms with E-state index in [4.69, 9.17) is 5.73 Å². The zero-order valence-electron chi connectivity index (χ0n) is 5.89. The van der Waals surface area contributed by atoms with Gasteiger partial charge in [-0.2, -0.15) is 0 Å². The van der Waals surface area contributed by atoms with Crippen LogP contribution < -0.4 is 16.4 Å². The van der Waals surface area contributed by atoms with Gasteiger partial charge in [0.1, 0.15) is 5.50 Å². The fraction of sp³-hybridized carbons (Fsp3) is 1.00. The monoisotopic (exact) mass is 149 g/mol. The summed E-state index contributed by atoms with van der Waals surface area (Å²) in [5.41, 5.74) is 5.13. The summed E-state index contributed by atoms with van der Waals surface area (Å²) in [5.74, 6) is 0. The summed E-state index contributed by atoms with van der Waals surface area (Å²) >= 11 is 3.97. The number of nitrogens with one attached hydrogen (secondary N) is 2. The predicted octanol–water partition coefficient (Wildman–Crippen LogP) is -0.644. The summed E-state index contributed by atoms with van der Waals surface area (Å²) in [6.07, 6.45) is 0. The summed E-state index contributed by atoms with van der Waals surface area (Å²) in [6, 6.07) is 0.377. The average Bonchev–Trinajstić information content (AvgIpc) is 1.63. The van der Waals surface area contributed by atoms with E-state index in [1.807, 2.05) is 14.0 Å². The molecule has 0 aromatic rings. The first-order valence-corrected chi connectivity index (χ1v) is 3.52. The Kier molecular flexibility index (Phi) is 5.18. The lowest BCUT2D eigenvalue weighted by Gasteiger charge is -2.14. The lowest BCUT2D eigenvalue weighted by Crippen LogP contribution is -2.43. The van der Waals surface area contributed by atoms with E-state index in [0.717, 1.165) is 6.54 Å². The van der Waals surface area contributed by atoms with Crippen molar-refractivity contribution in [3.63, 3.8) is 0 Å². The maximum Gasteiger partial charge on any atom is 0.100 e. The van der Waals surface area contributed by atoms with Gasteiger partial charge in [-0.3, -0.25) is 5.32 Å². The molecule has 0 aromatic heterocycles. The van der Waals surface area contributed by atoms with E-state index in [0.29, 0.717) is 6.04 Å². The minimum Gasteiger partial charge on any atom is -0.318 e. The minimum absolute atomic E-state index is 0.214. The lowest BCUT2D eigenvalue weighted by atomic mass is 10.3. The Morgan fingerprint density at radius 3 is 2.56 bits per heavy atom. The zero-order valence-corrected chi connectivity index (χ0v) is 6.78. The Labute approximate surface area is 61.8 Å². The number of hydrogen-bond donors (Lipinski definition) is 4. The van der Waals surface area contributed by atoms with Crippen molar-refractivity contribution in [3.05, 3.63) is 0 Å². The van der Waals surface area contributed by atoms with Crippen molar-refractivity contribution < 1.29 is 0 Å². The first-order chi connectivity index (χ1) is 4.16. The van der Waals surface area contributed by atoms with E-state index in [2.05, 4.69) is 23.3 Å². The fourth-order valence-electron chi connectivity index (χ4n) is 0.657. The van der Waals surface area contributed by atoms with Gasteiger partial charge in [0.25, 0.3) is 0 Å². The van der Waals surface area contributed by atoms with Crippen LogP contribution in [0.3, 0.4) is 0 Å². The van der Waals surface area contributed by atoms with E-state index in [1.165, 1.54) is 0 Å². The molecule has 0 aliphatic rings. The molecule has 0 rings (SSSR count). The quantitative estimate of drug-likeness (QED) is 0.317. The minimum atomic E-state index is -0.214. The van der Waals surface area contributed by atoms with Gasteiger partial charge in [0.15, 0.2) is 0 Å². The highest BCUT2D eigenvalue weighted by Gasteiger charge is 2.00. The Morgan fingerprint density at radius 2 is 2.22 bits per heavy atom. The highest BCUT2D eigenvalue weighted by molar-refractivity contribution is 7.80. The molecule has 9 heavy (non-hydrogen) atoms. The largest absolute Gasteiger partial charge is 0.318 e. The van der Waals surface area contributed by atoms with Crippen molar-refractivity contribution in [1.82, 2.24) is 10.6 Å². The molecule has 0 heterocycles. The molecule has 0 spiro atoms. The second-order valence-corrected chi connectivity index (χ2v) is 2.63. The van der Waals surface area contributed by atoms with Crippen LogP contribution in [0.4, 0.5) is 0 Å². The van der Waals surface area contributed by atoms with Crippen molar-refractivity contribution in [1.29, 1.82) is 0 Å². The highest BCUT2D eigenvalue weighted by Crippen LogP contribution is 1.82. The van der Waals surface area contributed by atoms with Crippen LogP contribution in [0.15, 0.2) is 0 Å². The topological polar surface area (TPSA) is 50.1 Å². The highest BCUT2D eigenvalue weighted by atomic mass is 32.1. The van der Waals surface area contributed by atoms with Gasteiger partial charge in [0.2, 0.25) is 0 Å². The Morgan fingerprint density at radius 1 is 1.67 bits per heavy atom. The molecule has 0 aliphatic heterocycles. The molecular weight excluding hydrogens is 134 g/mol. The fourth-order valence-corrected chi connectivity index (χ4v) is 0.911. The molecule has 0 saturated heterocycles. The van der Waals surface area contributed by atoms with Crippen molar-refractivity contribution in [2.45, 2.75) is 18.5 Å². The van der Waals surface area contributed by atoms with E-state index in [9.17, 15) is 0 Å². The first kappa shape index (κ1) is 9.23. The van der Waals surface area contributed by atoms with Gasteiger partial charge in [-0.1, -0.05) is 0 Å². The maximum absolute atomic E-state index is 5.35. The Hall–Kier alpha value is 0.230. The molecule has 4 N–H and O–H groups in total. The first-order valence-electron chi connectivity index (χ1n) is 3.01. The third kappa shape index (κ3) is 6.11. The molecule has 0 bridgehead atoms. The Balaban J connectivity index is 3.15. The summed E-state index contributed by atoms with van der Waals surface area (Å²) in [4.78, 5) is 0. The van der Waals surface area contributed by atoms with Crippen molar-refractivity contribution in [2.75, 3.05) is 13.6 Å². The molecule has 0 aliphatic carbocycles. The van der Waals surface area contributed by atoms with Gasteiger partial charge in [-0.05, 0) is 14.0 Å². The lowest BCUT2D eigenvalue weighted by molar-refractivity contribution is 0.515. The van der Waals surface area contributed by atoms with Crippen molar-refractivity contribution in [2.24, 2.45) is 5.73 Å². The second-order valence-electron chi connectivity index (χ2n) is 2.07. The van der Waals surface area contributed by atoms with Crippen LogP contribution in [-0.2, 0) is 0 Å². The average molecular weight is 149 g/mol. The molecule has 4 heteroatoms. The summed E-state index contributed by atoms with van der Waals surface area (Å²) in [5, 5.41) is 6.04. The van der Waals surface area contributed by atoms with Gasteiger partial charge < -0.3 is 11.1 Å². The van der Waals surface area contributed by atoms with Crippen LogP contribution in [0.25, 0.3) is 0 Å². The molecule has 2 atom stereocenters. The zero-order chi connectivity index (χ0) is 7.28. The van der Waals surface area contributed by atoms with Gasteiger partial charge in [-0.15, -0.1) is 12.6 Å². The number of nitrogens with two attached hydrogens (primary N) is 1. The number of rotatable bonds is 4. The van der Waals surface area contributed by atoms with Gasteiger partial charge >= 0.3 is 0 Å². The molecule has 2 unspecified atom stereocenters. The molecule has 0 aromatic carbocycles. The number of thiol groups is 1. The number of likely N-dealkylation sites (N-methyl/N-ethyl adjacent to an activating group) is 1. The molecular formula is C5H15N3S. The summed E-state index contributed by atoms with van der Waals surface area (Å²) in [7, 11) is 1.90. The predicted molar refractivity (Wildman–Crippen MR) is 43.5 cm³/mol.